The van der Waals surface area contributed by atoms with Crippen molar-refractivity contribution >= 4 is 46.4 Å². The zero-order chi connectivity index (χ0) is 21.1. The first-order chi connectivity index (χ1) is 14.5. The standard InChI is InChI=1S/C21H19Cl3N4O2/c22-15-6-2-1-5-14(15)21-27-26-19(30-21)12-28-10-4-3-7-18(28)20(29)25-13-8-9-16(23)17(24)11-13/h1-2,5-6,8-9,11,18H,3-4,7,10,12H2,(H,25,29). The SMILES string of the molecule is O=C(Nc1ccc(Cl)c(Cl)c1)C1CCCCN1Cc1nnc(-c2ccccc2Cl)o1. The second kappa shape index (κ2) is 9.35. The summed E-state index contributed by atoms with van der Waals surface area (Å²) in [5.41, 5.74) is 1.30. The van der Waals surface area contributed by atoms with Gasteiger partial charge >= 0.3 is 0 Å². The molecule has 3 aromatic rings. The molecular formula is C21H19Cl3N4O2. The van der Waals surface area contributed by atoms with Crippen LogP contribution in [0.4, 0.5) is 5.69 Å². The highest BCUT2D eigenvalue weighted by molar-refractivity contribution is 6.42. The van der Waals surface area contributed by atoms with E-state index < -0.39 is 0 Å². The third-order valence-corrected chi connectivity index (χ3v) is 6.08. The third kappa shape index (κ3) is 4.78. The van der Waals surface area contributed by atoms with Crippen LogP contribution in [0, 0.1) is 0 Å². The Morgan fingerprint density at radius 1 is 1.07 bits per heavy atom. The number of benzene rings is 2. The van der Waals surface area contributed by atoms with Crippen LogP contribution in [0.2, 0.25) is 15.1 Å². The van der Waals surface area contributed by atoms with E-state index in [-0.39, 0.29) is 11.9 Å². The number of rotatable bonds is 5. The van der Waals surface area contributed by atoms with Gasteiger partial charge in [0.05, 0.1) is 33.2 Å². The van der Waals surface area contributed by atoms with Crippen LogP contribution < -0.4 is 5.32 Å². The lowest BCUT2D eigenvalue weighted by Crippen LogP contribution is -2.46. The van der Waals surface area contributed by atoms with E-state index in [1.807, 2.05) is 18.2 Å². The van der Waals surface area contributed by atoms with E-state index >= 15 is 0 Å². The number of nitrogens with one attached hydrogen (secondary N) is 1. The lowest BCUT2D eigenvalue weighted by molar-refractivity contribution is -0.122. The summed E-state index contributed by atoms with van der Waals surface area (Å²) in [6.45, 7) is 1.15. The molecule has 1 unspecified atom stereocenters. The van der Waals surface area contributed by atoms with Crippen molar-refractivity contribution in [3.63, 3.8) is 0 Å². The summed E-state index contributed by atoms with van der Waals surface area (Å²) >= 11 is 18.2. The molecule has 30 heavy (non-hydrogen) atoms. The predicted molar refractivity (Wildman–Crippen MR) is 118 cm³/mol. The highest BCUT2D eigenvalue weighted by Gasteiger charge is 2.30. The summed E-state index contributed by atoms with van der Waals surface area (Å²) in [6.07, 6.45) is 2.73. The number of hydrogen-bond acceptors (Lipinski definition) is 5. The minimum absolute atomic E-state index is 0.0982. The highest BCUT2D eigenvalue weighted by Crippen LogP contribution is 2.28. The average Bonchev–Trinajstić information content (AvgIpc) is 3.19. The molecule has 1 fully saturated rings. The molecule has 9 heteroatoms. The zero-order valence-corrected chi connectivity index (χ0v) is 18.2. The van der Waals surface area contributed by atoms with Gasteiger partial charge in [-0.25, -0.2) is 0 Å². The molecule has 1 aromatic heterocycles. The average molecular weight is 466 g/mol. The second-order valence-electron chi connectivity index (χ2n) is 7.08. The Bertz CT molecular complexity index is 1060. The number of piperidine rings is 1. The van der Waals surface area contributed by atoms with Crippen LogP contribution in [0.15, 0.2) is 46.9 Å². The Kier molecular flexibility index (Phi) is 6.58. The maximum absolute atomic E-state index is 12.9. The van der Waals surface area contributed by atoms with Crippen molar-refractivity contribution in [1.29, 1.82) is 0 Å². The number of carbonyl (C=O) groups is 1. The lowest BCUT2D eigenvalue weighted by Gasteiger charge is -2.33. The van der Waals surface area contributed by atoms with Crippen molar-refractivity contribution in [1.82, 2.24) is 15.1 Å². The van der Waals surface area contributed by atoms with Gasteiger partial charge in [-0.15, -0.1) is 10.2 Å². The fourth-order valence-electron chi connectivity index (χ4n) is 3.51. The molecule has 1 saturated heterocycles. The van der Waals surface area contributed by atoms with Gasteiger partial charge in [-0.05, 0) is 49.7 Å². The molecule has 6 nitrogen and oxygen atoms in total. The topological polar surface area (TPSA) is 71.3 Å². The quantitative estimate of drug-likeness (QED) is 0.524. The lowest BCUT2D eigenvalue weighted by atomic mass is 10.0. The molecule has 0 aliphatic carbocycles. The minimum Gasteiger partial charge on any atom is -0.419 e. The summed E-state index contributed by atoms with van der Waals surface area (Å²) in [6, 6.07) is 12.0. The number of aromatic nitrogens is 2. The molecule has 4 rings (SSSR count). The predicted octanol–water partition coefficient (Wildman–Crippen LogP) is 5.69. The Hall–Kier alpha value is -2.12. The minimum atomic E-state index is -0.302. The number of hydrogen-bond donors (Lipinski definition) is 1. The van der Waals surface area contributed by atoms with Gasteiger partial charge in [0, 0.05) is 5.69 Å². The molecule has 1 atom stereocenters. The van der Waals surface area contributed by atoms with E-state index in [9.17, 15) is 4.79 Å². The third-order valence-electron chi connectivity index (χ3n) is 5.01. The van der Waals surface area contributed by atoms with Gasteiger partial charge < -0.3 is 9.73 Å². The maximum Gasteiger partial charge on any atom is 0.249 e. The molecule has 0 radical (unpaired) electrons. The van der Waals surface area contributed by atoms with E-state index in [1.165, 1.54) is 0 Å². The first kappa shape index (κ1) is 21.1. The molecule has 0 saturated carbocycles. The van der Waals surface area contributed by atoms with E-state index in [0.29, 0.717) is 44.6 Å². The van der Waals surface area contributed by atoms with Gasteiger partial charge in [0.15, 0.2) is 0 Å². The largest absolute Gasteiger partial charge is 0.419 e. The number of likely N-dealkylation sites (tertiary alicyclic amines) is 1. The Balaban J connectivity index is 1.47. The van der Waals surface area contributed by atoms with Crippen molar-refractivity contribution in [2.75, 3.05) is 11.9 Å². The van der Waals surface area contributed by atoms with Crippen LogP contribution in [0.3, 0.4) is 0 Å². The van der Waals surface area contributed by atoms with E-state index in [1.54, 1.807) is 24.3 Å². The summed E-state index contributed by atoms with van der Waals surface area (Å²) in [4.78, 5) is 15.0. The molecule has 1 aliphatic heterocycles. The van der Waals surface area contributed by atoms with Crippen molar-refractivity contribution in [3.8, 4) is 11.5 Å². The van der Waals surface area contributed by atoms with Crippen LogP contribution in [0.5, 0.6) is 0 Å². The Morgan fingerprint density at radius 3 is 2.70 bits per heavy atom. The van der Waals surface area contributed by atoms with Crippen molar-refractivity contribution in [2.24, 2.45) is 0 Å². The maximum atomic E-state index is 12.9. The van der Waals surface area contributed by atoms with Crippen LogP contribution in [0.1, 0.15) is 25.2 Å². The number of nitrogens with zero attached hydrogens (tertiary/aromatic N) is 3. The Morgan fingerprint density at radius 2 is 1.90 bits per heavy atom. The van der Waals surface area contributed by atoms with E-state index in [4.69, 9.17) is 39.2 Å². The molecule has 1 aliphatic rings. The summed E-state index contributed by atoms with van der Waals surface area (Å²) in [5, 5.41) is 12.6. The highest BCUT2D eigenvalue weighted by atomic mass is 35.5. The fraction of sp³-hybridized carbons (Fsp3) is 0.286. The van der Waals surface area contributed by atoms with Crippen molar-refractivity contribution in [2.45, 2.75) is 31.8 Å². The van der Waals surface area contributed by atoms with Crippen molar-refractivity contribution < 1.29 is 9.21 Å². The normalized spacial score (nSPS) is 17.1. The van der Waals surface area contributed by atoms with Crippen LogP contribution in [0.25, 0.3) is 11.5 Å². The fourth-order valence-corrected chi connectivity index (χ4v) is 4.03. The van der Waals surface area contributed by atoms with Gasteiger partial charge in [0.1, 0.15) is 0 Å². The van der Waals surface area contributed by atoms with Gasteiger partial charge in [-0.2, -0.15) is 0 Å². The zero-order valence-electron chi connectivity index (χ0n) is 15.9. The molecule has 0 spiro atoms. The van der Waals surface area contributed by atoms with Crippen LogP contribution in [-0.2, 0) is 11.3 Å². The van der Waals surface area contributed by atoms with Gasteiger partial charge in [0.25, 0.3) is 0 Å². The number of anilines is 1. The molecular weight excluding hydrogens is 447 g/mol. The van der Waals surface area contributed by atoms with Gasteiger partial charge in [-0.1, -0.05) is 53.4 Å². The summed E-state index contributed by atoms with van der Waals surface area (Å²) < 4.78 is 5.82. The molecule has 2 aromatic carbocycles. The molecule has 2 heterocycles. The monoisotopic (exact) mass is 464 g/mol. The number of halogens is 3. The smallest absolute Gasteiger partial charge is 0.249 e. The molecule has 156 valence electrons. The second-order valence-corrected chi connectivity index (χ2v) is 8.30. The van der Waals surface area contributed by atoms with Crippen molar-refractivity contribution in [3.05, 3.63) is 63.4 Å². The first-order valence-electron chi connectivity index (χ1n) is 9.58. The molecule has 1 amide bonds. The number of amides is 1. The van der Waals surface area contributed by atoms with Gasteiger partial charge in [0.2, 0.25) is 17.7 Å². The summed E-state index contributed by atoms with van der Waals surface area (Å²) in [5.74, 6) is 0.711. The van der Waals surface area contributed by atoms with E-state index in [2.05, 4.69) is 20.4 Å². The van der Waals surface area contributed by atoms with Gasteiger partial charge in [-0.3, -0.25) is 9.69 Å². The van der Waals surface area contributed by atoms with Crippen LogP contribution >= 0.6 is 34.8 Å². The summed E-state index contributed by atoms with van der Waals surface area (Å²) in [7, 11) is 0. The van der Waals surface area contributed by atoms with Crippen LogP contribution in [-0.4, -0.2) is 33.6 Å². The Labute approximate surface area is 189 Å². The molecule has 0 bridgehead atoms. The molecule has 1 N–H and O–H groups in total. The van der Waals surface area contributed by atoms with E-state index in [0.717, 1.165) is 25.8 Å². The first-order valence-corrected chi connectivity index (χ1v) is 10.7. The number of carbonyl (C=O) groups excluding carboxylic acids is 1.